The van der Waals surface area contributed by atoms with Gasteiger partial charge in [0.15, 0.2) is 5.78 Å². The Kier molecular flexibility index (Phi) is 4.09. The molecule has 0 bridgehead atoms. The van der Waals surface area contributed by atoms with E-state index in [1.807, 2.05) is 0 Å². The number of halogens is 2. The Morgan fingerprint density at radius 1 is 1.24 bits per heavy atom. The third-order valence-corrected chi connectivity index (χ3v) is 2.69. The average molecular weight is 276 g/mol. The number of carboxylic acids is 1. The molecule has 0 aliphatic carbocycles. The van der Waals surface area contributed by atoms with Gasteiger partial charge >= 0.3 is 5.97 Å². The molecule has 1 N–H and O–H groups in total. The van der Waals surface area contributed by atoms with Crippen LogP contribution < -0.4 is 0 Å². The second-order valence-electron chi connectivity index (χ2n) is 3.06. The van der Waals surface area contributed by atoms with Crippen molar-refractivity contribution in [3.05, 3.63) is 34.1 Å². The van der Waals surface area contributed by atoms with E-state index < -0.39 is 21.9 Å². The maximum absolute atomic E-state index is 11.8. The number of rotatable bonds is 3. The van der Waals surface area contributed by atoms with E-state index >= 15 is 0 Å². The highest BCUT2D eigenvalue weighted by Gasteiger charge is 2.21. The molecule has 1 aromatic heterocycles. The van der Waals surface area contributed by atoms with Gasteiger partial charge in [0.25, 0.3) is 5.91 Å². The lowest BCUT2D eigenvalue weighted by Gasteiger charge is -2.04. The molecule has 0 saturated heterocycles. The topological polar surface area (TPSA) is 76.4 Å². The first-order valence-corrected chi connectivity index (χ1v) is 5.13. The molecule has 0 fully saturated rings. The fourth-order valence-corrected chi connectivity index (χ4v) is 1.39. The summed E-state index contributed by atoms with van der Waals surface area (Å²) in [5.74, 6) is -2.73. The van der Waals surface area contributed by atoms with Crippen molar-refractivity contribution in [1.82, 2.24) is 4.57 Å². The molecule has 0 saturated carbocycles. The number of hydrogen-bond donors (Lipinski definition) is 1. The second-order valence-corrected chi connectivity index (χ2v) is 3.81. The molecule has 7 heteroatoms. The summed E-state index contributed by atoms with van der Waals surface area (Å²) in [6.45, 7) is 1.27. The van der Waals surface area contributed by atoms with Gasteiger partial charge in [0, 0.05) is 13.1 Å². The minimum Gasteiger partial charge on any atom is -0.477 e. The summed E-state index contributed by atoms with van der Waals surface area (Å²) in [6.07, 6.45) is 1.30. The molecular weight excluding hydrogens is 269 g/mol. The van der Waals surface area contributed by atoms with Gasteiger partial charge in [-0.25, -0.2) is 4.79 Å². The summed E-state index contributed by atoms with van der Waals surface area (Å²) >= 11 is 10.9. The van der Waals surface area contributed by atoms with Crippen molar-refractivity contribution >= 4 is 40.9 Å². The first-order chi connectivity index (χ1) is 7.86. The standard InChI is InChI=1S/C10H7Cl2NO4/c1-5(14)6-3-2-4-13(6)9(15)7(11)8(12)10(16)17/h2-4H,1H3,(H,16,17)/b8-7-. The van der Waals surface area contributed by atoms with Crippen LogP contribution in [0.4, 0.5) is 0 Å². The molecule has 1 rings (SSSR count). The van der Waals surface area contributed by atoms with Crippen LogP contribution in [0.1, 0.15) is 22.2 Å². The molecule has 17 heavy (non-hydrogen) atoms. The van der Waals surface area contributed by atoms with Crippen molar-refractivity contribution < 1.29 is 19.5 Å². The molecule has 0 unspecified atom stereocenters. The molecular formula is C10H7Cl2NO4. The highest BCUT2D eigenvalue weighted by atomic mass is 35.5. The predicted molar refractivity (Wildman–Crippen MR) is 61.4 cm³/mol. The third kappa shape index (κ3) is 2.75. The van der Waals surface area contributed by atoms with Gasteiger partial charge in [-0.05, 0) is 12.1 Å². The van der Waals surface area contributed by atoms with Crippen LogP contribution in [-0.4, -0.2) is 27.3 Å². The molecule has 0 amide bonds. The summed E-state index contributed by atoms with van der Waals surface area (Å²) in [5, 5.41) is 7.13. The van der Waals surface area contributed by atoms with Gasteiger partial charge in [0.1, 0.15) is 10.1 Å². The van der Waals surface area contributed by atoms with Crippen molar-refractivity contribution in [2.75, 3.05) is 0 Å². The summed E-state index contributed by atoms with van der Waals surface area (Å²) in [4.78, 5) is 33.5. The van der Waals surface area contributed by atoms with Gasteiger partial charge in [-0.15, -0.1) is 0 Å². The lowest BCUT2D eigenvalue weighted by Crippen LogP contribution is -2.16. The number of Topliss-reactive ketones (excluding diaryl/α,β-unsaturated/α-hetero) is 1. The summed E-state index contributed by atoms with van der Waals surface area (Å²) in [6, 6.07) is 2.88. The highest BCUT2D eigenvalue weighted by molar-refractivity contribution is 6.53. The maximum Gasteiger partial charge on any atom is 0.349 e. The quantitative estimate of drug-likeness (QED) is 0.677. The Bertz CT molecular complexity index is 530. The first-order valence-electron chi connectivity index (χ1n) is 4.37. The minimum atomic E-state index is -1.51. The lowest BCUT2D eigenvalue weighted by molar-refractivity contribution is -0.131. The zero-order chi connectivity index (χ0) is 13.2. The van der Waals surface area contributed by atoms with E-state index in [-0.39, 0.29) is 11.5 Å². The normalized spacial score (nSPS) is 11.9. The van der Waals surface area contributed by atoms with Gasteiger partial charge in [0.05, 0.1) is 5.69 Å². The van der Waals surface area contributed by atoms with Gasteiger partial charge in [0.2, 0.25) is 0 Å². The number of allylic oxidation sites excluding steroid dienone is 1. The fourth-order valence-electron chi connectivity index (χ4n) is 1.14. The molecule has 0 atom stereocenters. The average Bonchev–Trinajstić information content (AvgIpc) is 2.74. The highest BCUT2D eigenvalue weighted by Crippen LogP contribution is 2.18. The molecule has 90 valence electrons. The molecule has 0 spiro atoms. The molecule has 0 aromatic carbocycles. The molecule has 0 aliphatic rings. The largest absolute Gasteiger partial charge is 0.477 e. The summed E-state index contributed by atoms with van der Waals surface area (Å²) in [7, 11) is 0. The van der Waals surface area contributed by atoms with E-state index in [4.69, 9.17) is 28.3 Å². The van der Waals surface area contributed by atoms with Crippen LogP contribution in [0, 0.1) is 0 Å². The van der Waals surface area contributed by atoms with Crippen molar-refractivity contribution in [1.29, 1.82) is 0 Å². The van der Waals surface area contributed by atoms with E-state index in [1.165, 1.54) is 25.3 Å². The number of aliphatic carboxylic acids is 1. The van der Waals surface area contributed by atoms with Gasteiger partial charge < -0.3 is 5.11 Å². The minimum absolute atomic E-state index is 0.100. The number of carbonyl (C=O) groups is 3. The Morgan fingerprint density at radius 3 is 2.29 bits per heavy atom. The zero-order valence-electron chi connectivity index (χ0n) is 8.61. The van der Waals surface area contributed by atoms with Gasteiger partial charge in [-0.3, -0.25) is 14.2 Å². The number of nitrogens with zero attached hydrogens (tertiary/aromatic N) is 1. The van der Waals surface area contributed by atoms with Crippen LogP contribution in [0.2, 0.25) is 0 Å². The van der Waals surface area contributed by atoms with E-state index in [0.29, 0.717) is 0 Å². The Morgan fingerprint density at radius 2 is 1.82 bits per heavy atom. The molecule has 1 heterocycles. The zero-order valence-corrected chi connectivity index (χ0v) is 10.1. The van der Waals surface area contributed by atoms with Crippen LogP contribution in [0.3, 0.4) is 0 Å². The number of carboxylic acid groups (broad SMARTS) is 1. The van der Waals surface area contributed by atoms with Crippen LogP contribution in [0.25, 0.3) is 0 Å². The van der Waals surface area contributed by atoms with Gasteiger partial charge in [-0.1, -0.05) is 23.2 Å². The Labute approximate surface area is 106 Å². The maximum atomic E-state index is 11.8. The lowest BCUT2D eigenvalue weighted by atomic mass is 10.3. The summed E-state index contributed by atoms with van der Waals surface area (Å²) < 4.78 is 0.940. The summed E-state index contributed by atoms with van der Waals surface area (Å²) in [5.41, 5.74) is 0.100. The van der Waals surface area contributed by atoms with E-state index in [2.05, 4.69) is 0 Å². The SMILES string of the molecule is CC(=O)c1cccn1C(=O)/C(Cl)=C(/Cl)C(=O)O. The fraction of sp³-hybridized carbons (Fsp3) is 0.100. The Hall–Kier alpha value is -1.59. The van der Waals surface area contributed by atoms with Crippen LogP contribution in [-0.2, 0) is 4.79 Å². The third-order valence-electron chi connectivity index (χ3n) is 1.90. The van der Waals surface area contributed by atoms with Crippen molar-refractivity contribution in [3.63, 3.8) is 0 Å². The van der Waals surface area contributed by atoms with Crippen molar-refractivity contribution in [3.8, 4) is 0 Å². The van der Waals surface area contributed by atoms with Crippen LogP contribution in [0.5, 0.6) is 0 Å². The second kappa shape index (κ2) is 5.16. The number of hydrogen-bond acceptors (Lipinski definition) is 3. The molecule has 1 aromatic rings. The first kappa shape index (κ1) is 13.5. The number of ketones is 1. The van der Waals surface area contributed by atoms with Crippen LogP contribution in [0.15, 0.2) is 28.4 Å². The van der Waals surface area contributed by atoms with E-state index in [0.717, 1.165) is 4.57 Å². The Balaban J connectivity index is 3.22. The van der Waals surface area contributed by atoms with Crippen LogP contribution >= 0.6 is 23.2 Å². The molecule has 0 radical (unpaired) electrons. The van der Waals surface area contributed by atoms with Crippen molar-refractivity contribution in [2.24, 2.45) is 0 Å². The number of carbonyl (C=O) groups excluding carboxylic acids is 2. The predicted octanol–water partition coefficient (Wildman–Crippen LogP) is 2.10. The van der Waals surface area contributed by atoms with E-state index in [9.17, 15) is 14.4 Å². The molecule has 5 nitrogen and oxygen atoms in total. The monoisotopic (exact) mass is 275 g/mol. The number of aromatic nitrogens is 1. The van der Waals surface area contributed by atoms with E-state index in [1.54, 1.807) is 0 Å². The molecule has 0 aliphatic heterocycles. The van der Waals surface area contributed by atoms with Gasteiger partial charge in [-0.2, -0.15) is 0 Å². The smallest absolute Gasteiger partial charge is 0.349 e. The van der Waals surface area contributed by atoms with Crippen molar-refractivity contribution in [2.45, 2.75) is 6.92 Å².